The van der Waals surface area contributed by atoms with Crippen LogP contribution in [0.1, 0.15) is 19.8 Å². The summed E-state index contributed by atoms with van der Waals surface area (Å²) in [5.41, 5.74) is 5.34. The van der Waals surface area contributed by atoms with Crippen LogP contribution in [0.5, 0.6) is 0 Å². The molecule has 4 heteroatoms. The van der Waals surface area contributed by atoms with E-state index in [4.69, 9.17) is 10.5 Å². The maximum absolute atomic E-state index is 11.5. The Morgan fingerprint density at radius 3 is 3.07 bits per heavy atom. The highest BCUT2D eigenvalue weighted by Gasteiger charge is 2.25. The normalized spacial score (nSPS) is 21.6. The molecule has 1 atom stereocenters. The highest BCUT2D eigenvalue weighted by molar-refractivity contribution is 5.76. The van der Waals surface area contributed by atoms with E-state index in [-0.39, 0.29) is 5.91 Å². The van der Waals surface area contributed by atoms with Gasteiger partial charge in [0.2, 0.25) is 5.91 Å². The summed E-state index contributed by atoms with van der Waals surface area (Å²) in [6, 6.07) is 0. The zero-order valence-electron chi connectivity index (χ0n) is 8.87. The monoisotopic (exact) mass is 200 g/mol. The fourth-order valence-electron chi connectivity index (χ4n) is 1.76. The quantitative estimate of drug-likeness (QED) is 0.690. The van der Waals surface area contributed by atoms with E-state index in [1.807, 2.05) is 11.8 Å². The SMILES string of the molecule is CCOC[C@H]1CCN(C(=O)CCN)C1. The molecule has 0 bridgehead atoms. The fourth-order valence-corrected chi connectivity index (χ4v) is 1.76. The third-order valence-electron chi connectivity index (χ3n) is 2.55. The topological polar surface area (TPSA) is 55.6 Å². The fraction of sp³-hybridized carbons (Fsp3) is 0.900. The molecule has 14 heavy (non-hydrogen) atoms. The first kappa shape index (κ1) is 11.5. The van der Waals surface area contributed by atoms with Crippen molar-refractivity contribution in [1.82, 2.24) is 4.90 Å². The predicted molar refractivity (Wildman–Crippen MR) is 54.9 cm³/mol. The van der Waals surface area contributed by atoms with Crippen LogP contribution >= 0.6 is 0 Å². The van der Waals surface area contributed by atoms with Gasteiger partial charge in [-0.1, -0.05) is 0 Å². The molecule has 0 unspecified atom stereocenters. The number of carbonyl (C=O) groups is 1. The molecule has 0 aromatic carbocycles. The lowest BCUT2D eigenvalue weighted by atomic mass is 10.1. The van der Waals surface area contributed by atoms with Gasteiger partial charge in [-0.25, -0.2) is 0 Å². The molecular formula is C10H20N2O2. The van der Waals surface area contributed by atoms with E-state index < -0.39 is 0 Å². The lowest BCUT2D eigenvalue weighted by molar-refractivity contribution is -0.130. The van der Waals surface area contributed by atoms with E-state index in [1.54, 1.807) is 0 Å². The average Bonchev–Trinajstić information content (AvgIpc) is 2.63. The zero-order chi connectivity index (χ0) is 10.4. The number of rotatable bonds is 5. The summed E-state index contributed by atoms with van der Waals surface area (Å²) in [5.74, 6) is 0.711. The first-order valence-corrected chi connectivity index (χ1v) is 5.33. The molecule has 1 saturated heterocycles. The van der Waals surface area contributed by atoms with Crippen LogP contribution < -0.4 is 5.73 Å². The minimum absolute atomic E-state index is 0.187. The van der Waals surface area contributed by atoms with Crippen molar-refractivity contribution in [3.63, 3.8) is 0 Å². The van der Waals surface area contributed by atoms with Gasteiger partial charge in [0.25, 0.3) is 0 Å². The summed E-state index contributed by atoms with van der Waals surface area (Å²) >= 11 is 0. The molecule has 1 rings (SSSR count). The van der Waals surface area contributed by atoms with Gasteiger partial charge >= 0.3 is 0 Å². The van der Waals surface area contributed by atoms with E-state index >= 15 is 0 Å². The Hall–Kier alpha value is -0.610. The van der Waals surface area contributed by atoms with Gasteiger partial charge in [-0.3, -0.25) is 4.79 Å². The van der Waals surface area contributed by atoms with Crippen LogP contribution in [0.15, 0.2) is 0 Å². The van der Waals surface area contributed by atoms with Crippen molar-refractivity contribution in [1.29, 1.82) is 0 Å². The first-order chi connectivity index (χ1) is 6.77. The number of ether oxygens (including phenoxy) is 1. The van der Waals surface area contributed by atoms with Crippen LogP contribution in [-0.4, -0.2) is 43.7 Å². The average molecular weight is 200 g/mol. The van der Waals surface area contributed by atoms with Crippen LogP contribution in [0, 0.1) is 5.92 Å². The van der Waals surface area contributed by atoms with Crippen molar-refractivity contribution in [2.45, 2.75) is 19.8 Å². The summed E-state index contributed by atoms with van der Waals surface area (Å²) in [4.78, 5) is 13.4. The van der Waals surface area contributed by atoms with Crippen LogP contribution in [0.2, 0.25) is 0 Å². The molecule has 1 amide bonds. The number of likely N-dealkylation sites (tertiary alicyclic amines) is 1. The Labute approximate surface area is 85.4 Å². The molecule has 1 aliphatic rings. The number of hydrogen-bond donors (Lipinski definition) is 1. The molecule has 1 heterocycles. The van der Waals surface area contributed by atoms with Gasteiger partial charge in [0.15, 0.2) is 0 Å². The predicted octanol–water partition coefficient (Wildman–Crippen LogP) is 0.220. The smallest absolute Gasteiger partial charge is 0.223 e. The Balaban J connectivity index is 2.22. The molecule has 1 aliphatic heterocycles. The van der Waals surface area contributed by atoms with E-state index in [9.17, 15) is 4.79 Å². The summed E-state index contributed by atoms with van der Waals surface area (Å²) in [6.07, 6.45) is 1.54. The van der Waals surface area contributed by atoms with Gasteiger partial charge in [-0.05, 0) is 13.3 Å². The van der Waals surface area contributed by atoms with Crippen molar-refractivity contribution in [3.8, 4) is 0 Å². The molecule has 0 spiro atoms. The molecule has 0 saturated carbocycles. The van der Waals surface area contributed by atoms with Gasteiger partial charge in [-0.15, -0.1) is 0 Å². The Kier molecular flexibility index (Phi) is 4.90. The molecule has 0 radical (unpaired) electrons. The largest absolute Gasteiger partial charge is 0.381 e. The van der Waals surface area contributed by atoms with Crippen molar-refractivity contribution < 1.29 is 9.53 Å². The van der Waals surface area contributed by atoms with Crippen molar-refractivity contribution >= 4 is 5.91 Å². The third-order valence-corrected chi connectivity index (χ3v) is 2.55. The third kappa shape index (κ3) is 3.27. The molecule has 1 fully saturated rings. The number of nitrogens with zero attached hydrogens (tertiary/aromatic N) is 1. The summed E-state index contributed by atoms with van der Waals surface area (Å²) in [6.45, 7) is 5.70. The lowest BCUT2D eigenvalue weighted by Gasteiger charge is -2.15. The standard InChI is InChI=1S/C10H20N2O2/c1-2-14-8-9-4-6-12(7-9)10(13)3-5-11/h9H,2-8,11H2,1H3/t9-/m0/s1. The van der Waals surface area contributed by atoms with E-state index in [1.165, 1.54) is 0 Å². The maximum atomic E-state index is 11.5. The molecule has 0 aromatic heterocycles. The molecule has 2 N–H and O–H groups in total. The maximum Gasteiger partial charge on any atom is 0.223 e. The summed E-state index contributed by atoms with van der Waals surface area (Å²) < 4.78 is 5.34. The number of amides is 1. The molecule has 4 nitrogen and oxygen atoms in total. The van der Waals surface area contributed by atoms with E-state index in [2.05, 4.69) is 0 Å². The first-order valence-electron chi connectivity index (χ1n) is 5.33. The van der Waals surface area contributed by atoms with Gasteiger partial charge in [-0.2, -0.15) is 0 Å². The summed E-state index contributed by atoms with van der Waals surface area (Å²) in [7, 11) is 0. The molecular weight excluding hydrogens is 180 g/mol. The zero-order valence-corrected chi connectivity index (χ0v) is 8.87. The summed E-state index contributed by atoms with van der Waals surface area (Å²) in [5, 5.41) is 0. The van der Waals surface area contributed by atoms with Crippen molar-refractivity contribution in [2.24, 2.45) is 11.7 Å². The Bertz CT molecular complexity index is 185. The van der Waals surface area contributed by atoms with Crippen LogP contribution in [0.3, 0.4) is 0 Å². The van der Waals surface area contributed by atoms with Crippen LogP contribution in [0.4, 0.5) is 0 Å². The highest BCUT2D eigenvalue weighted by Crippen LogP contribution is 2.16. The number of hydrogen-bond acceptors (Lipinski definition) is 3. The van der Waals surface area contributed by atoms with Crippen molar-refractivity contribution in [2.75, 3.05) is 32.8 Å². The second kappa shape index (κ2) is 5.98. The Morgan fingerprint density at radius 1 is 1.64 bits per heavy atom. The van der Waals surface area contributed by atoms with Crippen LogP contribution in [0.25, 0.3) is 0 Å². The molecule has 0 aliphatic carbocycles. The van der Waals surface area contributed by atoms with Crippen molar-refractivity contribution in [3.05, 3.63) is 0 Å². The number of carbonyl (C=O) groups excluding carboxylic acids is 1. The van der Waals surface area contributed by atoms with Gasteiger partial charge in [0.05, 0.1) is 6.61 Å². The molecule has 82 valence electrons. The number of nitrogens with two attached hydrogens (primary N) is 1. The minimum atomic E-state index is 0.187. The van der Waals surface area contributed by atoms with E-state index in [0.717, 1.165) is 32.7 Å². The van der Waals surface area contributed by atoms with Crippen LogP contribution in [-0.2, 0) is 9.53 Å². The van der Waals surface area contributed by atoms with E-state index in [0.29, 0.717) is 18.9 Å². The lowest BCUT2D eigenvalue weighted by Crippen LogP contribution is -2.30. The second-order valence-corrected chi connectivity index (χ2v) is 3.69. The second-order valence-electron chi connectivity index (χ2n) is 3.69. The Morgan fingerprint density at radius 2 is 2.43 bits per heavy atom. The van der Waals surface area contributed by atoms with Gasteiger partial charge in [0, 0.05) is 38.6 Å². The van der Waals surface area contributed by atoms with Gasteiger partial charge < -0.3 is 15.4 Å². The molecule has 0 aromatic rings. The minimum Gasteiger partial charge on any atom is -0.381 e. The highest BCUT2D eigenvalue weighted by atomic mass is 16.5. The van der Waals surface area contributed by atoms with Gasteiger partial charge in [0.1, 0.15) is 0 Å².